The van der Waals surface area contributed by atoms with Crippen LogP contribution in [0.3, 0.4) is 0 Å². The normalized spacial score (nSPS) is 14.3. The Morgan fingerprint density at radius 2 is 0.797 bits per heavy atom. The van der Waals surface area contributed by atoms with Crippen LogP contribution in [0.2, 0.25) is 0 Å². The lowest BCUT2D eigenvalue weighted by Gasteiger charge is -2.29. The zero-order chi connectivity index (χ0) is 39.3. The van der Waals surface area contributed by atoms with E-state index in [1.165, 1.54) is 82.7 Å². The molecule has 0 saturated heterocycles. The molecule has 0 fully saturated rings. The van der Waals surface area contributed by atoms with Crippen molar-refractivity contribution in [1.29, 1.82) is 0 Å². The Labute approximate surface area is 346 Å². The van der Waals surface area contributed by atoms with E-state index in [1.807, 2.05) is 0 Å². The second-order valence-electron chi connectivity index (χ2n) is 15.8. The Bertz CT molecular complexity index is 3150. The van der Waals surface area contributed by atoms with E-state index in [0.29, 0.717) is 0 Å². The Morgan fingerprint density at radius 3 is 1.58 bits per heavy atom. The summed E-state index contributed by atoms with van der Waals surface area (Å²) < 4.78 is 0. The van der Waals surface area contributed by atoms with Gasteiger partial charge in [0.05, 0.1) is 11.4 Å². The second-order valence-corrected chi connectivity index (χ2v) is 15.8. The predicted molar refractivity (Wildman–Crippen MR) is 250 cm³/mol. The standard InChI is InChI=1S/C58H41N/c1-58(45-20-3-2-4-21-45)53-28-11-9-25-52(53)57-51(27-15-29-54(57)58)44-36-38-46(39-37-44)59(56-31-14-19-41-17-6-8-23-49(41)56)55-30-12-10-24-50(55)43-34-32-42(33-35-43)48-26-13-18-40-16-5-7-22-47(40)48/h2-39H,1H3. The highest BCUT2D eigenvalue weighted by molar-refractivity contribution is 6.02. The molecule has 1 nitrogen and oxygen atoms in total. The lowest BCUT2D eigenvalue weighted by molar-refractivity contribution is 0.714. The highest BCUT2D eigenvalue weighted by Crippen LogP contribution is 2.55. The third-order valence-corrected chi connectivity index (χ3v) is 12.6. The van der Waals surface area contributed by atoms with Gasteiger partial charge >= 0.3 is 0 Å². The molecule has 1 aliphatic rings. The average Bonchev–Trinajstić information content (AvgIpc) is 3.58. The van der Waals surface area contributed by atoms with E-state index in [1.54, 1.807) is 0 Å². The van der Waals surface area contributed by atoms with Crippen LogP contribution < -0.4 is 4.90 Å². The van der Waals surface area contributed by atoms with Gasteiger partial charge in [-0.25, -0.2) is 0 Å². The van der Waals surface area contributed by atoms with Crippen LogP contribution in [0.1, 0.15) is 23.6 Å². The first-order chi connectivity index (χ1) is 29.2. The maximum Gasteiger partial charge on any atom is 0.0540 e. The minimum Gasteiger partial charge on any atom is -0.309 e. The zero-order valence-electron chi connectivity index (χ0n) is 32.9. The van der Waals surface area contributed by atoms with E-state index in [4.69, 9.17) is 0 Å². The van der Waals surface area contributed by atoms with Gasteiger partial charge in [-0.3, -0.25) is 0 Å². The molecule has 1 unspecified atom stereocenters. The van der Waals surface area contributed by atoms with E-state index in [-0.39, 0.29) is 5.41 Å². The molecule has 10 aromatic carbocycles. The van der Waals surface area contributed by atoms with Gasteiger partial charge in [0, 0.05) is 22.1 Å². The highest BCUT2D eigenvalue weighted by Gasteiger charge is 2.41. The third-order valence-electron chi connectivity index (χ3n) is 12.6. The van der Waals surface area contributed by atoms with E-state index in [2.05, 4.69) is 242 Å². The first-order valence-electron chi connectivity index (χ1n) is 20.5. The number of nitrogens with zero attached hydrogens (tertiary/aromatic N) is 1. The van der Waals surface area contributed by atoms with Crippen LogP contribution >= 0.6 is 0 Å². The molecule has 0 radical (unpaired) electrons. The van der Waals surface area contributed by atoms with Crippen molar-refractivity contribution in [1.82, 2.24) is 0 Å². The number of anilines is 3. The zero-order valence-corrected chi connectivity index (χ0v) is 32.9. The summed E-state index contributed by atoms with van der Waals surface area (Å²) in [5.74, 6) is 0. The fraction of sp³-hybridized carbons (Fsp3) is 0.0345. The second kappa shape index (κ2) is 14.2. The predicted octanol–water partition coefficient (Wildman–Crippen LogP) is 15.8. The van der Waals surface area contributed by atoms with Crippen molar-refractivity contribution in [3.8, 4) is 44.5 Å². The fourth-order valence-electron chi connectivity index (χ4n) is 9.68. The summed E-state index contributed by atoms with van der Waals surface area (Å²) in [6.45, 7) is 2.39. The van der Waals surface area contributed by atoms with Crippen LogP contribution in [-0.4, -0.2) is 0 Å². The summed E-state index contributed by atoms with van der Waals surface area (Å²) >= 11 is 0. The van der Waals surface area contributed by atoms with Crippen LogP contribution in [-0.2, 0) is 5.41 Å². The molecule has 0 bridgehead atoms. The molecule has 0 spiro atoms. The first-order valence-corrected chi connectivity index (χ1v) is 20.5. The lowest BCUT2D eigenvalue weighted by Crippen LogP contribution is -2.22. The Morgan fingerprint density at radius 1 is 0.322 bits per heavy atom. The lowest BCUT2D eigenvalue weighted by atomic mass is 9.74. The summed E-state index contributed by atoms with van der Waals surface area (Å²) in [7, 11) is 0. The molecule has 1 heteroatoms. The number of rotatable bonds is 7. The van der Waals surface area contributed by atoms with Crippen molar-refractivity contribution in [2.24, 2.45) is 0 Å². The molecule has 10 aromatic rings. The largest absolute Gasteiger partial charge is 0.309 e. The Balaban J connectivity index is 1.04. The van der Waals surface area contributed by atoms with Gasteiger partial charge in [0.2, 0.25) is 0 Å². The summed E-state index contributed by atoms with van der Waals surface area (Å²) in [6, 6.07) is 84.4. The van der Waals surface area contributed by atoms with Gasteiger partial charge in [-0.1, -0.05) is 206 Å². The van der Waals surface area contributed by atoms with Crippen molar-refractivity contribution >= 4 is 38.6 Å². The maximum absolute atomic E-state index is 2.44. The van der Waals surface area contributed by atoms with Crippen LogP contribution in [0.15, 0.2) is 231 Å². The van der Waals surface area contributed by atoms with Gasteiger partial charge in [-0.2, -0.15) is 0 Å². The molecule has 0 saturated carbocycles. The van der Waals surface area contributed by atoms with Crippen molar-refractivity contribution in [2.75, 3.05) is 4.90 Å². The Hall–Kier alpha value is -7.48. The molecule has 0 amide bonds. The van der Waals surface area contributed by atoms with Gasteiger partial charge in [0.15, 0.2) is 0 Å². The molecule has 11 rings (SSSR count). The molecule has 278 valence electrons. The molecular formula is C58H41N. The molecule has 1 aliphatic carbocycles. The van der Waals surface area contributed by atoms with Crippen molar-refractivity contribution in [3.63, 3.8) is 0 Å². The molecule has 1 atom stereocenters. The monoisotopic (exact) mass is 751 g/mol. The minimum absolute atomic E-state index is 0.245. The average molecular weight is 752 g/mol. The van der Waals surface area contributed by atoms with E-state index < -0.39 is 0 Å². The van der Waals surface area contributed by atoms with Gasteiger partial charge in [0.1, 0.15) is 0 Å². The molecule has 0 aliphatic heterocycles. The molecule has 0 heterocycles. The number of hydrogen-bond donors (Lipinski definition) is 0. The van der Waals surface area contributed by atoms with Gasteiger partial charge in [-0.05, 0) is 103 Å². The smallest absolute Gasteiger partial charge is 0.0540 e. The molecule has 0 N–H and O–H groups in total. The molecule has 59 heavy (non-hydrogen) atoms. The summed E-state index contributed by atoms with van der Waals surface area (Å²) in [4.78, 5) is 2.44. The van der Waals surface area contributed by atoms with Crippen molar-refractivity contribution < 1.29 is 0 Å². The maximum atomic E-state index is 2.44. The Kier molecular flexibility index (Phi) is 8.34. The third kappa shape index (κ3) is 5.69. The molecular weight excluding hydrogens is 711 g/mol. The fourth-order valence-corrected chi connectivity index (χ4v) is 9.68. The van der Waals surface area contributed by atoms with Crippen LogP contribution in [0.5, 0.6) is 0 Å². The van der Waals surface area contributed by atoms with Crippen molar-refractivity contribution in [2.45, 2.75) is 12.3 Å². The van der Waals surface area contributed by atoms with Gasteiger partial charge in [-0.15, -0.1) is 0 Å². The van der Waals surface area contributed by atoms with E-state index >= 15 is 0 Å². The highest BCUT2D eigenvalue weighted by atomic mass is 15.1. The SMILES string of the molecule is CC1(c2ccccc2)c2ccccc2-c2c(-c3ccc(N(c4ccccc4-c4ccc(-c5cccc6ccccc56)cc4)c4cccc5ccccc45)cc3)cccc21. The summed E-state index contributed by atoms with van der Waals surface area (Å²) in [6.07, 6.45) is 0. The number of para-hydroxylation sites is 1. The van der Waals surface area contributed by atoms with Crippen LogP contribution in [0.4, 0.5) is 17.1 Å². The van der Waals surface area contributed by atoms with Gasteiger partial charge < -0.3 is 4.90 Å². The number of benzene rings is 10. The van der Waals surface area contributed by atoms with Gasteiger partial charge in [0.25, 0.3) is 0 Å². The minimum atomic E-state index is -0.245. The molecule has 0 aromatic heterocycles. The topological polar surface area (TPSA) is 3.24 Å². The number of fused-ring (bicyclic) bond motifs is 5. The van der Waals surface area contributed by atoms with Crippen LogP contribution in [0, 0.1) is 0 Å². The summed E-state index contributed by atoms with van der Waals surface area (Å²) in [5, 5.41) is 4.94. The van der Waals surface area contributed by atoms with Crippen molar-refractivity contribution in [3.05, 3.63) is 247 Å². The number of hydrogen-bond acceptors (Lipinski definition) is 1. The first kappa shape index (κ1) is 34.7. The van der Waals surface area contributed by atoms with E-state index in [9.17, 15) is 0 Å². The quantitative estimate of drug-likeness (QED) is 0.157. The van der Waals surface area contributed by atoms with E-state index in [0.717, 1.165) is 17.1 Å². The summed E-state index contributed by atoms with van der Waals surface area (Å²) in [5.41, 5.74) is 17.0. The van der Waals surface area contributed by atoms with Crippen LogP contribution in [0.25, 0.3) is 66.1 Å².